The molecule has 23 heavy (non-hydrogen) atoms. The van der Waals surface area contributed by atoms with E-state index in [1.807, 2.05) is 6.92 Å². The normalized spacial score (nSPS) is 18.9. The first-order valence-electron chi connectivity index (χ1n) is 7.47. The summed E-state index contributed by atoms with van der Waals surface area (Å²) in [4.78, 5) is 28.3. The topological polar surface area (TPSA) is 101 Å². The maximum absolute atomic E-state index is 11.9. The van der Waals surface area contributed by atoms with Crippen LogP contribution in [0.25, 0.3) is 0 Å². The summed E-state index contributed by atoms with van der Waals surface area (Å²) in [7, 11) is 0. The molecule has 8 nitrogen and oxygen atoms in total. The summed E-state index contributed by atoms with van der Waals surface area (Å²) < 4.78 is 5.30. The SMILES string of the molecule is CCC1=NOC(CNC(=O)Nc2ccc3c(c2)OCC(=O)N3)C1. The van der Waals surface area contributed by atoms with E-state index in [0.717, 1.165) is 18.6 Å². The van der Waals surface area contributed by atoms with E-state index in [4.69, 9.17) is 9.57 Å². The van der Waals surface area contributed by atoms with Crippen molar-refractivity contribution in [2.24, 2.45) is 5.16 Å². The van der Waals surface area contributed by atoms with E-state index in [9.17, 15) is 9.59 Å². The Morgan fingerprint density at radius 2 is 2.35 bits per heavy atom. The minimum atomic E-state index is -0.335. The van der Waals surface area contributed by atoms with Crippen LogP contribution in [-0.2, 0) is 9.63 Å². The van der Waals surface area contributed by atoms with Crippen molar-refractivity contribution in [2.45, 2.75) is 25.9 Å². The molecule has 0 radical (unpaired) electrons. The molecule has 2 heterocycles. The lowest BCUT2D eigenvalue weighted by Gasteiger charge is -2.18. The minimum absolute atomic E-state index is 0.0264. The Labute approximate surface area is 133 Å². The molecular formula is C15H18N4O4. The molecule has 0 bridgehead atoms. The fraction of sp³-hybridized carbons (Fsp3) is 0.400. The highest BCUT2D eigenvalue weighted by Gasteiger charge is 2.20. The van der Waals surface area contributed by atoms with Gasteiger partial charge in [0.2, 0.25) is 0 Å². The highest BCUT2D eigenvalue weighted by Crippen LogP contribution is 2.30. The van der Waals surface area contributed by atoms with Gasteiger partial charge in [0.25, 0.3) is 5.91 Å². The summed E-state index contributed by atoms with van der Waals surface area (Å²) in [5.41, 5.74) is 2.18. The molecule has 0 aromatic heterocycles. The first-order valence-corrected chi connectivity index (χ1v) is 7.47. The van der Waals surface area contributed by atoms with Crippen molar-refractivity contribution in [3.8, 4) is 5.75 Å². The van der Waals surface area contributed by atoms with Crippen LogP contribution in [0.15, 0.2) is 23.4 Å². The minimum Gasteiger partial charge on any atom is -0.482 e. The van der Waals surface area contributed by atoms with Gasteiger partial charge < -0.3 is 25.5 Å². The van der Waals surface area contributed by atoms with Crippen molar-refractivity contribution in [3.05, 3.63) is 18.2 Å². The van der Waals surface area contributed by atoms with Crippen LogP contribution in [0.5, 0.6) is 5.75 Å². The number of hydrogen-bond donors (Lipinski definition) is 3. The first kappa shape index (κ1) is 15.1. The molecular weight excluding hydrogens is 300 g/mol. The first-order chi connectivity index (χ1) is 11.1. The molecule has 2 aliphatic rings. The maximum Gasteiger partial charge on any atom is 0.319 e. The second kappa shape index (κ2) is 6.55. The fourth-order valence-electron chi connectivity index (χ4n) is 2.34. The Morgan fingerprint density at radius 1 is 1.48 bits per heavy atom. The smallest absolute Gasteiger partial charge is 0.319 e. The van der Waals surface area contributed by atoms with Gasteiger partial charge in [0.1, 0.15) is 11.9 Å². The number of nitrogens with zero attached hydrogens (tertiary/aromatic N) is 1. The number of hydrogen-bond acceptors (Lipinski definition) is 5. The number of anilines is 2. The Bertz CT molecular complexity index is 659. The molecule has 122 valence electrons. The van der Waals surface area contributed by atoms with Crippen LogP contribution in [0, 0.1) is 0 Å². The van der Waals surface area contributed by atoms with Gasteiger partial charge in [-0.1, -0.05) is 12.1 Å². The molecule has 1 atom stereocenters. The van der Waals surface area contributed by atoms with Gasteiger partial charge in [0.05, 0.1) is 17.9 Å². The van der Waals surface area contributed by atoms with Crippen molar-refractivity contribution < 1.29 is 19.2 Å². The van der Waals surface area contributed by atoms with E-state index < -0.39 is 0 Å². The summed E-state index contributed by atoms with van der Waals surface area (Å²) in [5.74, 6) is 0.337. The van der Waals surface area contributed by atoms with Gasteiger partial charge in [0.15, 0.2) is 6.61 Å². The van der Waals surface area contributed by atoms with Crippen molar-refractivity contribution >= 4 is 29.0 Å². The fourth-order valence-corrected chi connectivity index (χ4v) is 2.34. The van der Waals surface area contributed by atoms with E-state index in [1.165, 1.54) is 0 Å². The van der Waals surface area contributed by atoms with E-state index >= 15 is 0 Å². The van der Waals surface area contributed by atoms with Gasteiger partial charge in [-0.2, -0.15) is 0 Å². The Hall–Kier alpha value is -2.77. The highest BCUT2D eigenvalue weighted by atomic mass is 16.6. The van der Waals surface area contributed by atoms with Gasteiger partial charge >= 0.3 is 6.03 Å². The third-order valence-electron chi connectivity index (χ3n) is 3.56. The Morgan fingerprint density at radius 3 is 3.13 bits per heavy atom. The summed E-state index contributed by atoms with van der Waals surface area (Å²) in [6, 6.07) is 4.71. The van der Waals surface area contributed by atoms with Gasteiger partial charge in [-0.05, 0) is 18.6 Å². The summed E-state index contributed by atoms with van der Waals surface area (Å²) in [6.45, 7) is 2.38. The number of carbonyl (C=O) groups is 2. The van der Waals surface area contributed by atoms with Gasteiger partial charge in [-0.15, -0.1) is 0 Å². The number of carbonyl (C=O) groups excluding carboxylic acids is 2. The number of nitrogens with one attached hydrogen (secondary N) is 3. The highest BCUT2D eigenvalue weighted by molar-refractivity contribution is 5.96. The number of amides is 3. The van der Waals surface area contributed by atoms with Crippen LogP contribution in [0.4, 0.5) is 16.2 Å². The van der Waals surface area contributed by atoms with Gasteiger partial charge in [0, 0.05) is 18.2 Å². The van der Waals surface area contributed by atoms with E-state index in [-0.39, 0.29) is 24.6 Å². The zero-order chi connectivity index (χ0) is 16.2. The molecule has 2 aliphatic heterocycles. The number of fused-ring (bicyclic) bond motifs is 1. The molecule has 3 rings (SSSR count). The number of urea groups is 1. The number of benzene rings is 1. The summed E-state index contributed by atoms with van der Waals surface area (Å²) >= 11 is 0. The lowest BCUT2D eigenvalue weighted by molar-refractivity contribution is -0.118. The largest absolute Gasteiger partial charge is 0.482 e. The van der Waals surface area contributed by atoms with Crippen LogP contribution < -0.4 is 20.7 Å². The average Bonchev–Trinajstić information content (AvgIpc) is 3.01. The van der Waals surface area contributed by atoms with E-state index in [1.54, 1.807) is 18.2 Å². The van der Waals surface area contributed by atoms with Gasteiger partial charge in [-0.25, -0.2) is 4.79 Å². The van der Waals surface area contributed by atoms with Crippen molar-refractivity contribution in [2.75, 3.05) is 23.8 Å². The average molecular weight is 318 g/mol. The third-order valence-corrected chi connectivity index (χ3v) is 3.56. The molecule has 3 N–H and O–H groups in total. The van der Waals surface area contributed by atoms with Crippen LogP contribution in [0.2, 0.25) is 0 Å². The molecule has 0 spiro atoms. The maximum atomic E-state index is 11.9. The zero-order valence-corrected chi connectivity index (χ0v) is 12.7. The number of ether oxygens (including phenoxy) is 1. The van der Waals surface area contributed by atoms with Crippen molar-refractivity contribution in [1.82, 2.24) is 5.32 Å². The number of oxime groups is 1. The molecule has 1 aromatic carbocycles. The van der Waals surface area contributed by atoms with Crippen LogP contribution in [0.1, 0.15) is 19.8 Å². The quantitative estimate of drug-likeness (QED) is 0.786. The van der Waals surface area contributed by atoms with E-state index in [0.29, 0.717) is 23.7 Å². The lowest BCUT2D eigenvalue weighted by Crippen LogP contribution is -2.35. The standard InChI is InChI=1S/C15H18N4O4/c1-2-9-5-11(23-19-9)7-16-15(21)17-10-3-4-12-13(6-10)22-8-14(20)18-12/h3-4,6,11H,2,5,7-8H2,1H3,(H,18,20)(H2,16,17,21). The van der Waals surface area contributed by atoms with Crippen LogP contribution in [0.3, 0.4) is 0 Å². The molecule has 8 heteroatoms. The molecule has 1 unspecified atom stereocenters. The van der Waals surface area contributed by atoms with Crippen molar-refractivity contribution in [3.63, 3.8) is 0 Å². The van der Waals surface area contributed by atoms with Gasteiger partial charge in [-0.3, -0.25) is 4.79 Å². The monoisotopic (exact) mass is 318 g/mol. The van der Waals surface area contributed by atoms with Crippen LogP contribution >= 0.6 is 0 Å². The third kappa shape index (κ3) is 3.71. The molecule has 0 fully saturated rings. The second-order valence-electron chi connectivity index (χ2n) is 5.33. The van der Waals surface area contributed by atoms with Crippen molar-refractivity contribution in [1.29, 1.82) is 0 Å². The molecule has 1 aromatic rings. The predicted molar refractivity (Wildman–Crippen MR) is 84.8 cm³/mol. The lowest BCUT2D eigenvalue weighted by atomic mass is 10.1. The van der Waals surface area contributed by atoms with Crippen LogP contribution in [-0.4, -0.2) is 36.9 Å². The zero-order valence-electron chi connectivity index (χ0n) is 12.7. The molecule has 0 aliphatic carbocycles. The summed E-state index contributed by atoms with van der Waals surface area (Å²) in [6.07, 6.45) is 1.48. The number of rotatable bonds is 4. The Kier molecular flexibility index (Phi) is 4.31. The second-order valence-corrected chi connectivity index (χ2v) is 5.33. The molecule has 0 saturated carbocycles. The Balaban J connectivity index is 1.49. The summed E-state index contributed by atoms with van der Waals surface area (Å²) in [5, 5.41) is 12.1. The molecule has 0 saturated heterocycles. The predicted octanol–water partition coefficient (Wildman–Crippen LogP) is 1.69. The van der Waals surface area contributed by atoms with E-state index in [2.05, 4.69) is 21.1 Å². The molecule has 3 amide bonds.